The van der Waals surface area contributed by atoms with Gasteiger partial charge >= 0.3 is 10.2 Å². The van der Waals surface area contributed by atoms with Crippen LogP contribution in [0.15, 0.2) is 23.0 Å². The molecular weight excluding hydrogens is 360 g/mol. The molecule has 0 spiro atoms. The van der Waals surface area contributed by atoms with Crippen molar-refractivity contribution >= 4 is 38.4 Å². The maximum absolute atomic E-state index is 12.6. The first-order chi connectivity index (χ1) is 12.3. The molecular formula is C16H18N4O5S. The second-order valence-corrected chi connectivity index (χ2v) is 8.12. The van der Waals surface area contributed by atoms with Crippen LogP contribution in [0.4, 0.5) is 11.4 Å². The van der Waals surface area contributed by atoms with Crippen LogP contribution in [0.2, 0.25) is 0 Å². The molecule has 0 unspecified atom stereocenters. The summed E-state index contributed by atoms with van der Waals surface area (Å²) >= 11 is 0. The molecule has 0 aliphatic carbocycles. The Balaban J connectivity index is 1.92. The van der Waals surface area contributed by atoms with Gasteiger partial charge in [-0.1, -0.05) is 0 Å². The number of aryl methyl sites for hydroxylation is 1. The third-order valence-corrected chi connectivity index (χ3v) is 6.23. The molecule has 2 N–H and O–H groups in total. The Kier molecular flexibility index (Phi) is 3.62. The average Bonchev–Trinajstić information content (AvgIpc) is 3.18. The van der Waals surface area contributed by atoms with E-state index < -0.39 is 22.7 Å². The van der Waals surface area contributed by atoms with E-state index in [2.05, 4.69) is 0 Å². The number of amides is 1. The summed E-state index contributed by atoms with van der Waals surface area (Å²) in [4.78, 5) is 26.1. The summed E-state index contributed by atoms with van der Waals surface area (Å²) in [6.07, 6.45) is 2.03. The summed E-state index contributed by atoms with van der Waals surface area (Å²) in [6, 6.07) is 4.55. The van der Waals surface area contributed by atoms with Crippen LogP contribution in [0, 0.1) is 0 Å². The molecule has 10 heteroatoms. The van der Waals surface area contributed by atoms with Crippen LogP contribution in [0.5, 0.6) is 5.75 Å². The fraction of sp³-hybridized carbons (Fsp3) is 0.375. The first-order valence-corrected chi connectivity index (χ1v) is 9.67. The zero-order valence-corrected chi connectivity index (χ0v) is 14.9. The van der Waals surface area contributed by atoms with E-state index in [-0.39, 0.29) is 17.0 Å². The number of nitrogens with zero attached hydrogens (tertiary/aromatic N) is 3. The van der Waals surface area contributed by atoms with Gasteiger partial charge in [0, 0.05) is 31.6 Å². The summed E-state index contributed by atoms with van der Waals surface area (Å²) in [6.45, 7) is 1.20. The smallest absolute Gasteiger partial charge is 0.326 e. The Bertz CT molecular complexity index is 1090. The van der Waals surface area contributed by atoms with Crippen LogP contribution >= 0.6 is 0 Å². The Morgan fingerprint density at radius 3 is 2.35 bits per heavy atom. The summed E-state index contributed by atoms with van der Waals surface area (Å²) in [5, 5.41) is 10.9. The zero-order chi connectivity index (χ0) is 18.6. The summed E-state index contributed by atoms with van der Waals surface area (Å²) in [7, 11) is -2.42. The van der Waals surface area contributed by atoms with E-state index in [1.54, 1.807) is 13.1 Å². The lowest BCUT2D eigenvalue weighted by Crippen LogP contribution is -2.30. The standard InChI is InChI=1S/C16H18N4O5S/c1-18-11-8-14(21)12(20-9-15(22)17-26(20,24)25)6-10(11)7-13(16(18)23)19-4-2-3-5-19/h6-8,21H,2-5,9H2,1H3,(H,17,22). The number of phenols is 1. The molecule has 3 heterocycles. The molecule has 1 amide bonds. The maximum atomic E-state index is 12.6. The van der Waals surface area contributed by atoms with Crippen LogP contribution in [-0.2, 0) is 22.1 Å². The lowest BCUT2D eigenvalue weighted by atomic mass is 10.1. The number of phenolic OH excluding ortho intramolecular Hbond substituents is 1. The normalized spacial score (nSPS) is 19.3. The summed E-state index contributed by atoms with van der Waals surface area (Å²) in [5.41, 5.74) is 0.863. The second kappa shape index (κ2) is 5.63. The van der Waals surface area contributed by atoms with Gasteiger partial charge in [-0.25, -0.2) is 9.03 Å². The number of rotatable bonds is 2. The highest BCUT2D eigenvalue weighted by atomic mass is 32.2. The molecule has 0 radical (unpaired) electrons. The Morgan fingerprint density at radius 1 is 1.08 bits per heavy atom. The minimum absolute atomic E-state index is 0.00173. The van der Waals surface area contributed by atoms with Crippen molar-refractivity contribution in [2.24, 2.45) is 7.05 Å². The van der Waals surface area contributed by atoms with E-state index in [1.807, 2.05) is 9.62 Å². The molecule has 4 rings (SSSR count). The highest BCUT2D eigenvalue weighted by molar-refractivity contribution is 7.92. The molecule has 26 heavy (non-hydrogen) atoms. The van der Waals surface area contributed by atoms with Gasteiger partial charge in [0.1, 0.15) is 18.0 Å². The molecule has 2 aromatic rings. The number of anilines is 2. The number of pyridine rings is 1. The van der Waals surface area contributed by atoms with Gasteiger partial charge in [0.05, 0.1) is 11.2 Å². The third kappa shape index (κ3) is 2.48. The monoisotopic (exact) mass is 378 g/mol. The van der Waals surface area contributed by atoms with E-state index in [0.717, 1.165) is 30.2 Å². The molecule has 2 saturated heterocycles. The molecule has 2 aliphatic heterocycles. The van der Waals surface area contributed by atoms with Crippen molar-refractivity contribution in [2.45, 2.75) is 12.8 Å². The molecule has 138 valence electrons. The van der Waals surface area contributed by atoms with Crippen molar-refractivity contribution in [3.8, 4) is 5.75 Å². The first-order valence-electron chi connectivity index (χ1n) is 8.23. The van der Waals surface area contributed by atoms with Crippen molar-refractivity contribution in [1.82, 2.24) is 9.29 Å². The molecule has 1 aromatic carbocycles. The number of hydrogen-bond acceptors (Lipinski definition) is 6. The third-order valence-electron chi connectivity index (χ3n) is 4.84. The maximum Gasteiger partial charge on any atom is 0.326 e. The average molecular weight is 378 g/mol. The predicted octanol–water partition coefficient (Wildman–Crippen LogP) is 0.0253. The van der Waals surface area contributed by atoms with Gasteiger partial charge in [0.2, 0.25) is 0 Å². The molecule has 2 fully saturated rings. The fourth-order valence-corrected chi connectivity index (χ4v) is 4.68. The van der Waals surface area contributed by atoms with E-state index in [4.69, 9.17) is 0 Å². The van der Waals surface area contributed by atoms with Gasteiger partial charge in [0.15, 0.2) is 0 Å². The summed E-state index contributed by atoms with van der Waals surface area (Å²) in [5.74, 6) is -0.982. The molecule has 2 aliphatic rings. The SMILES string of the molecule is Cn1c(=O)c(N2CCCC2)cc2cc(N3CC(=O)NS3(=O)=O)c(O)cc21. The largest absolute Gasteiger partial charge is 0.506 e. The highest BCUT2D eigenvalue weighted by Gasteiger charge is 2.35. The van der Waals surface area contributed by atoms with E-state index in [9.17, 15) is 23.1 Å². The molecule has 0 atom stereocenters. The minimum Gasteiger partial charge on any atom is -0.506 e. The number of nitrogens with one attached hydrogen (secondary N) is 1. The number of fused-ring (bicyclic) bond motifs is 1. The topological polar surface area (TPSA) is 112 Å². The van der Waals surface area contributed by atoms with E-state index in [0.29, 0.717) is 16.6 Å². The van der Waals surface area contributed by atoms with Crippen molar-refractivity contribution in [3.05, 3.63) is 28.6 Å². The van der Waals surface area contributed by atoms with Crippen molar-refractivity contribution in [1.29, 1.82) is 0 Å². The lowest BCUT2D eigenvalue weighted by Gasteiger charge is -2.21. The first kappa shape index (κ1) is 16.7. The van der Waals surface area contributed by atoms with Crippen molar-refractivity contribution in [3.63, 3.8) is 0 Å². The molecule has 0 saturated carbocycles. The highest BCUT2D eigenvalue weighted by Crippen LogP contribution is 2.35. The van der Waals surface area contributed by atoms with Crippen LogP contribution in [0.1, 0.15) is 12.8 Å². The van der Waals surface area contributed by atoms with Crippen LogP contribution in [0.3, 0.4) is 0 Å². The van der Waals surface area contributed by atoms with Crippen molar-refractivity contribution < 1.29 is 18.3 Å². The molecule has 9 nitrogen and oxygen atoms in total. The Labute approximate surface area is 149 Å². The molecule has 1 aromatic heterocycles. The van der Waals surface area contributed by atoms with E-state index in [1.165, 1.54) is 16.7 Å². The van der Waals surface area contributed by atoms with Gasteiger partial charge in [0.25, 0.3) is 11.5 Å². The number of benzene rings is 1. The van der Waals surface area contributed by atoms with Crippen LogP contribution < -0.4 is 19.5 Å². The van der Waals surface area contributed by atoms with Gasteiger partial charge < -0.3 is 14.6 Å². The lowest BCUT2D eigenvalue weighted by molar-refractivity contribution is -0.117. The predicted molar refractivity (Wildman–Crippen MR) is 96.7 cm³/mol. The Hall–Kier alpha value is -2.75. The quantitative estimate of drug-likeness (QED) is 0.762. The van der Waals surface area contributed by atoms with Crippen molar-refractivity contribution in [2.75, 3.05) is 28.8 Å². The van der Waals surface area contributed by atoms with Gasteiger partial charge in [-0.15, -0.1) is 0 Å². The van der Waals surface area contributed by atoms with Gasteiger partial charge in [-0.2, -0.15) is 8.42 Å². The number of carbonyl (C=O) groups is 1. The zero-order valence-electron chi connectivity index (χ0n) is 14.1. The Morgan fingerprint density at radius 2 is 1.73 bits per heavy atom. The van der Waals surface area contributed by atoms with Crippen LogP contribution in [-0.4, -0.2) is 43.6 Å². The minimum atomic E-state index is -4.03. The number of aromatic hydroxyl groups is 1. The van der Waals surface area contributed by atoms with Gasteiger partial charge in [-0.3, -0.25) is 9.59 Å². The number of carbonyl (C=O) groups excluding carboxylic acids is 1. The number of aromatic nitrogens is 1. The summed E-state index contributed by atoms with van der Waals surface area (Å²) < 4.78 is 28.3. The van der Waals surface area contributed by atoms with E-state index >= 15 is 0 Å². The molecule has 0 bridgehead atoms. The second-order valence-electron chi connectivity index (χ2n) is 6.52. The van der Waals surface area contributed by atoms with Gasteiger partial charge in [-0.05, 0) is 25.0 Å². The fourth-order valence-electron chi connectivity index (χ4n) is 3.52. The number of hydrogen-bond donors (Lipinski definition) is 2. The van der Waals surface area contributed by atoms with Crippen LogP contribution in [0.25, 0.3) is 10.9 Å².